The Labute approximate surface area is 51.2 Å². The van der Waals surface area contributed by atoms with Crippen LogP contribution in [0.4, 0.5) is 0 Å². The zero-order valence-electron chi connectivity index (χ0n) is 3.84. The van der Waals surface area contributed by atoms with E-state index in [0.717, 1.165) is 0 Å². The molecule has 0 unspecified atom stereocenters. The van der Waals surface area contributed by atoms with Crippen molar-refractivity contribution in [2.24, 2.45) is 0 Å². The second-order valence-corrected chi connectivity index (χ2v) is 1.27. The summed E-state index contributed by atoms with van der Waals surface area (Å²) in [5.41, 5.74) is 3.36. The van der Waals surface area contributed by atoms with Crippen LogP contribution in [0.15, 0.2) is 11.0 Å². The van der Waals surface area contributed by atoms with Crippen LogP contribution in [0.5, 0.6) is 0 Å². The van der Waals surface area contributed by atoms with Crippen molar-refractivity contribution in [3.63, 3.8) is 0 Å². The Morgan fingerprint density at radius 3 is 1.86 bits per heavy atom. The van der Waals surface area contributed by atoms with E-state index in [1.165, 1.54) is 17.7 Å². The number of hydrogen-bond donors (Lipinski definition) is 0. The Morgan fingerprint density at radius 1 is 1.29 bits per heavy atom. The van der Waals surface area contributed by atoms with Crippen molar-refractivity contribution in [2.45, 2.75) is 0 Å². The van der Waals surface area contributed by atoms with Crippen molar-refractivity contribution in [1.29, 1.82) is 0 Å². The second kappa shape index (κ2) is 5.85. The molecule has 0 bridgehead atoms. The molecule has 7 heavy (non-hydrogen) atoms. The third-order valence-corrected chi connectivity index (χ3v) is 0.715. The van der Waals surface area contributed by atoms with Gasteiger partial charge in [-0.3, -0.25) is 0 Å². The Kier molecular flexibility index (Phi) is 5.72. The third-order valence-electron chi connectivity index (χ3n) is 0.283. The first-order chi connectivity index (χ1) is 3.50. The average molecular weight is 137 g/mol. The topological polar surface area (TPSA) is 25.8 Å². The molecule has 0 aliphatic rings. The van der Waals surface area contributed by atoms with E-state index in [2.05, 4.69) is 21.8 Å². The lowest BCUT2D eigenvalue weighted by molar-refractivity contribution is 1.09. The number of aromatic nitrogens is 2. The van der Waals surface area contributed by atoms with Crippen LogP contribution in [0.2, 0.25) is 0 Å². The summed E-state index contributed by atoms with van der Waals surface area (Å²) in [7, 11) is 0. The molecule has 0 aromatic carbocycles. The standard InChI is InChI=1S/C2H2N2S.CH3Cl/c1-3-4-2-5-1;1-2/h1-2H;1H3. The predicted molar refractivity (Wildman–Crippen MR) is 31.7 cm³/mol. The van der Waals surface area contributed by atoms with Gasteiger partial charge >= 0.3 is 0 Å². The minimum absolute atomic E-state index is 1.47. The largest absolute Gasteiger partial charge is 0.147 e. The number of rotatable bonds is 0. The molecule has 0 amide bonds. The Bertz CT molecular complexity index is 69.4. The van der Waals surface area contributed by atoms with Gasteiger partial charge < -0.3 is 0 Å². The maximum atomic E-state index is 4.64. The summed E-state index contributed by atoms with van der Waals surface area (Å²) >= 11 is 6.13. The first kappa shape index (κ1) is 6.85. The van der Waals surface area contributed by atoms with Gasteiger partial charge in [-0.2, -0.15) is 0 Å². The molecule has 0 N–H and O–H groups in total. The highest BCUT2D eigenvalue weighted by Crippen LogP contribution is 1.80. The fraction of sp³-hybridized carbons (Fsp3) is 0.333. The minimum Gasteiger partial charge on any atom is -0.147 e. The van der Waals surface area contributed by atoms with Crippen molar-refractivity contribution >= 4 is 22.9 Å². The molecule has 0 atom stereocenters. The van der Waals surface area contributed by atoms with E-state index in [1.54, 1.807) is 11.0 Å². The summed E-state index contributed by atoms with van der Waals surface area (Å²) in [6, 6.07) is 0. The minimum atomic E-state index is 1.47. The van der Waals surface area contributed by atoms with Crippen LogP contribution in [0.25, 0.3) is 0 Å². The SMILES string of the molecule is CCl.c1nncs1. The fourth-order valence-corrected chi connectivity index (χ4v) is 0.408. The van der Waals surface area contributed by atoms with Crippen LogP contribution >= 0.6 is 22.9 Å². The number of halogens is 1. The average Bonchev–Trinajstić information content (AvgIpc) is 2.23. The van der Waals surface area contributed by atoms with Crippen LogP contribution in [-0.2, 0) is 0 Å². The maximum absolute atomic E-state index is 4.64. The lowest BCUT2D eigenvalue weighted by atomic mass is 11.6. The molecule has 1 aromatic rings. The van der Waals surface area contributed by atoms with Gasteiger partial charge in [0.1, 0.15) is 11.0 Å². The van der Waals surface area contributed by atoms with Crippen LogP contribution in [0.3, 0.4) is 0 Å². The quantitative estimate of drug-likeness (QED) is 0.504. The van der Waals surface area contributed by atoms with Gasteiger partial charge in [-0.1, -0.05) is 0 Å². The van der Waals surface area contributed by atoms with Gasteiger partial charge in [-0.05, 0) is 0 Å². The molecule has 0 radical (unpaired) electrons. The molecule has 2 nitrogen and oxygen atoms in total. The van der Waals surface area contributed by atoms with Crippen molar-refractivity contribution in [3.05, 3.63) is 11.0 Å². The van der Waals surface area contributed by atoms with Crippen LogP contribution in [-0.4, -0.2) is 16.6 Å². The molecule has 4 heteroatoms. The highest BCUT2D eigenvalue weighted by atomic mass is 35.5. The molecule has 0 fully saturated rings. The first-order valence-corrected chi connectivity index (χ1v) is 3.26. The molecule has 0 aliphatic heterocycles. The molecule has 40 valence electrons. The molecule has 1 heterocycles. The molecule has 0 spiro atoms. The van der Waals surface area contributed by atoms with E-state index in [-0.39, 0.29) is 0 Å². The van der Waals surface area contributed by atoms with E-state index in [0.29, 0.717) is 0 Å². The molecule has 0 saturated carbocycles. The smallest absolute Gasteiger partial charge is 0.103 e. The van der Waals surface area contributed by atoms with Crippen LogP contribution in [0.1, 0.15) is 0 Å². The van der Waals surface area contributed by atoms with Crippen LogP contribution < -0.4 is 0 Å². The van der Waals surface area contributed by atoms with Gasteiger partial charge in [-0.25, -0.2) is 0 Å². The lowest BCUT2D eigenvalue weighted by Crippen LogP contribution is -1.53. The second-order valence-electron chi connectivity index (χ2n) is 0.578. The zero-order valence-corrected chi connectivity index (χ0v) is 5.41. The van der Waals surface area contributed by atoms with E-state index >= 15 is 0 Å². The van der Waals surface area contributed by atoms with Gasteiger partial charge in [0.2, 0.25) is 0 Å². The summed E-state index contributed by atoms with van der Waals surface area (Å²) in [6.45, 7) is 0. The molecule has 1 aromatic heterocycles. The molecule has 0 aliphatic carbocycles. The third kappa shape index (κ3) is 3.69. The summed E-state index contributed by atoms with van der Waals surface area (Å²) in [6.07, 6.45) is 1.47. The monoisotopic (exact) mass is 136 g/mol. The Morgan fingerprint density at radius 2 is 1.71 bits per heavy atom. The lowest BCUT2D eigenvalue weighted by Gasteiger charge is -1.41. The van der Waals surface area contributed by atoms with E-state index < -0.39 is 0 Å². The van der Waals surface area contributed by atoms with Crippen molar-refractivity contribution in [3.8, 4) is 0 Å². The van der Waals surface area contributed by atoms with Gasteiger partial charge in [0, 0.05) is 6.38 Å². The summed E-state index contributed by atoms with van der Waals surface area (Å²) < 4.78 is 0. The van der Waals surface area contributed by atoms with E-state index in [4.69, 9.17) is 0 Å². The highest BCUT2D eigenvalue weighted by Gasteiger charge is 1.60. The number of alkyl halides is 1. The Balaban J connectivity index is 0.000000162. The molecule has 1 rings (SSSR count). The molecular weight excluding hydrogens is 132 g/mol. The molecule has 0 saturated heterocycles. The normalized spacial score (nSPS) is 6.57. The first-order valence-electron chi connectivity index (χ1n) is 1.57. The molecular formula is C3H5ClN2S. The van der Waals surface area contributed by atoms with E-state index in [1.807, 2.05) is 0 Å². The Hall–Kier alpha value is -0.150. The van der Waals surface area contributed by atoms with Crippen molar-refractivity contribution in [1.82, 2.24) is 10.2 Å². The van der Waals surface area contributed by atoms with Gasteiger partial charge in [0.25, 0.3) is 0 Å². The summed E-state index contributed by atoms with van der Waals surface area (Å²) in [4.78, 5) is 0. The predicted octanol–water partition coefficient (Wildman–Crippen LogP) is 1.39. The van der Waals surface area contributed by atoms with E-state index in [9.17, 15) is 0 Å². The van der Waals surface area contributed by atoms with Crippen molar-refractivity contribution < 1.29 is 0 Å². The highest BCUT2D eigenvalue weighted by molar-refractivity contribution is 7.07. The fourth-order valence-electron chi connectivity index (χ4n) is 0.136. The summed E-state index contributed by atoms with van der Waals surface area (Å²) in [5, 5.41) is 6.98. The number of nitrogens with zero attached hydrogens (tertiary/aromatic N) is 2. The van der Waals surface area contributed by atoms with Crippen LogP contribution in [0, 0.1) is 0 Å². The van der Waals surface area contributed by atoms with Gasteiger partial charge in [0.15, 0.2) is 0 Å². The number of hydrogen-bond acceptors (Lipinski definition) is 3. The van der Waals surface area contributed by atoms with Gasteiger partial charge in [-0.15, -0.1) is 33.1 Å². The van der Waals surface area contributed by atoms with Crippen molar-refractivity contribution in [2.75, 3.05) is 6.38 Å². The van der Waals surface area contributed by atoms with Gasteiger partial charge in [0.05, 0.1) is 0 Å². The summed E-state index contributed by atoms with van der Waals surface area (Å²) in [5.74, 6) is 0. The zero-order chi connectivity index (χ0) is 5.54. The maximum Gasteiger partial charge on any atom is 0.103 e.